The highest BCUT2D eigenvalue weighted by atomic mass is 16.5. The number of pyridine rings is 1. The highest BCUT2D eigenvalue weighted by Crippen LogP contribution is 2.65. The Morgan fingerprint density at radius 1 is 0.914 bits per heavy atom. The SMILES string of the molecule is O=C(Oc1cccc2cccnc12)[C@H](Cc1ccccc1)N1C(=O)[C@@H]2[C@H]3C=C[C@@H]([C@@H]4C[C@@H]34)[C@@H]2C1=O. The van der Waals surface area contributed by atoms with Crippen molar-refractivity contribution >= 4 is 28.7 Å². The third-order valence-electron chi connectivity index (χ3n) is 8.36. The van der Waals surface area contributed by atoms with Crippen molar-refractivity contribution in [3.63, 3.8) is 0 Å². The molecule has 174 valence electrons. The van der Waals surface area contributed by atoms with Gasteiger partial charge < -0.3 is 4.74 Å². The van der Waals surface area contributed by atoms with Gasteiger partial charge in [-0.1, -0.05) is 60.7 Å². The monoisotopic (exact) mass is 464 g/mol. The number of carbonyl (C=O) groups excluding carboxylic acids is 3. The van der Waals surface area contributed by atoms with Gasteiger partial charge in [0.2, 0.25) is 11.8 Å². The van der Waals surface area contributed by atoms with Crippen LogP contribution in [0.1, 0.15) is 12.0 Å². The van der Waals surface area contributed by atoms with E-state index in [1.165, 1.54) is 4.90 Å². The zero-order valence-corrected chi connectivity index (χ0v) is 19.0. The Morgan fingerprint density at radius 3 is 2.31 bits per heavy atom. The van der Waals surface area contributed by atoms with E-state index in [4.69, 9.17) is 4.74 Å². The van der Waals surface area contributed by atoms with Crippen LogP contribution in [0.4, 0.5) is 0 Å². The molecular weight excluding hydrogens is 440 g/mol. The molecule has 7 atom stereocenters. The van der Waals surface area contributed by atoms with Crippen LogP contribution in [-0.4, -0.2) is 33.7 Å². The van der Waals surface area contributed by atoms with Gasteiger partial charge in [-0.05, 0) is 47.8 Å². The van der Waals surface area contributed by atoms with Gasteiger partial charge in [-0.25, -0.2) is 4.79 Å². The molecule has 2 saturated carbocycles. The van der Waals surface area contributed by atoms with Gasteiger partial charge in [-0.2, -0.15) is 0 Å². The van der Waals surface area contributed by atoms with Crippen LogP contribution >= 0.6 is 0 Å². The third-order valence-corrected chi connectivity index (χ3v) is 8.36. The number of amides is 2. The molecule has 2 bridgehead atoms. The molecule has 0 N–H and O–H groups in total. The van der Waals surface area contributed by atoms with E-state index in [-0.39, 0.29) is 41.9 Å². The van der Waals surface area contributed by atoms with Crippen molar-refractivity contribution in [2.75, 3.05) is 0 Å². The molecule has 1 saturated heterocycles. The van der Waals surface area contributed by atoms with Gasteiger partial charge >= 0.3 is 5.97 Å². The summed E-state index contributed by atoms with van der Waals surface area (Å²) in [5.41, 5.74) is 1.43. The van der Waals surface area contributed by atoms with Gasteiger partial charge in [0.05, 0.1) is 11.8 Å². The Balaban J connectivity index is 1.25. The third kappa shape index (κ3) is 3.09. The van der Waals surface area contributed by atoms with Crippen molar-refractivity contribution < 1.29 is 19.1 Å². The molecule has 6 nitrogen and oxygen atoms in total. The average Bonchev–Trinajstić information content (AvgIpc) is 3.67. The molecule has 4 aliphatic carbocycles. The van der Waals surface area contributed by atoms with E-state index in [2.05, 4.69) is 17.1 Å². The molecular formula is C29H24N2O4. The van der Waals surface area contributed by atoms with Crippen LogP contribution in [0.5, 0.6) is 5.75 Å². The van der Waals surface area contributed by atoms with E-state index in [0.29, 0.717) is 23.1 Å². The molecule has 1 aliphatic heterocycles. The Morgan fingerprint density at radius 2 is 1.60 bits per heavy atom. The molecule has 3 aromatic rings. The number of aromatic nitrogens is 1. The lowest BCUT2D eigenvalue weighted by molar-refractivity contribution is -0.153. The molecule has 5 aliphatic rings. The average molecular weight is 465 g/mol. The van der Waals surface area contributed by atoms with Gasteiger partial charge in [-0.15, -0.1) is 0 Å². The number of hydrogen-bond donors (Lipinski definition) is 0. The summed E-state index contributed by atoms with van der Waals surface area (Å²) in [6.45, 7) is 0. The van der Waals surface area contributed by atoms with Gasteiger partial charge in [-0.3, -0.25) is 19.5 Å². The first-order valence-electron chi connectivity index (χ1n) is 12.3. The minimum Gasteiger partial charge on any atom is -0.423 e. The van der Waals surface area contributed by atoms with Crippen LogP contribution in [0.25, 0.3) is 10.9 Å². The standard InChI is InChI=1S/C29H24N2O4/c32-27-24-18-11-12-19(21-15-20(18)21)25(24)28(33)31(27)22(14-16-6-2-1-3-7-16)29(34)35-23-10-4-8-17-9-5-13-30-26(17)23/h1-13,18-22,24-25H,14-15H2/t18-,19-,20-,21-,22-,24-,25+/m0/s1. The summed E-state index contributed by atoms with van der Waals surface area (Å²) in [6.07, 6.45) is 7.24. The van der Waals surface area contributed by atoms with Crippen molar-refractivity contribution in [2.24, 2.45) is 35.5 Å². The van der Waals surface area contributed by atoms with Gasteiger partial charge in [0, 0.05) is 18.0 Å². The lowest BCUT2D eigenvalue weighted by atomic mass is 9.63. The summed E-state index contributed by atoms with van der Waals surface area (Å²) in [5, 5.41) is 0.846. The Hall–Kier alpha value is -3.80. The van der Waals surface area contributed by atoms with Crippen molar-refractivity contribution in [2.45, 2.75) is 18.9 Å². The number of esters is 1. The highest BCUT2D eigenvalue weighted by Gasteiger charge is 2.68. The number of likely N-dealkylation sites (tertiary alicyclic amines) is 1. The lowest BCUT2D eigenvalue weighted by Gasteiger charge is -2.37. The number of hydrogen-bond acceptors (Lipinski definition) is 5. The Kier molecular flexibility index (Phi) is 4.47. The minimum atomic E-state index is -1.03. The molecule has 2 amide bonds. The van der Waals surface area contributed by atoms with Gasteiger partial charge in [0.1, 0.15) is 11.6 Å². The predicted octanol–water partition coefficient (Wildman–Crippen LogP) is 3.80. The van der Waals surface area contributed by atoms with Crippen molar-refractivity contribution in [3.05, 3.63) is 84.6 Å². The first-order valence-corrected chi connectivity index (χ1v) is 12.3. The van der Waals surface area contributed by atoms with Crippen molar-refractivity contribution in [1.29, 1.82) is 0 Å². The number of rotatable bonds is 5. The number of nitrogens with zero attached hydrogens (tertiary/aromatic N) is 2. The molecule has 3 fully saturated rings. The summed E-state index contributed by atoms with van der Waals surface area (Å²) >= 11 is 0. The number of carbonyl (C=O) groups is 3. The van der Waals surface area contributed by atoms with E-state index in [0.717, 1.165) is 17.4 Å². The topological polar surface area (TPSA) is 76.6 Å². The second kappa shape index (κ2) is 7.60. The van der Waals surface area contributed by atoms with Crippen LogP contribution in [0.3, 0.4) is 0 Å². The van der Waals surface area contributed by atoms with Crippen LogP contribution in [-0.2, 0) is 20.8 Å². The lowest BCUT2D eigenvalue weighted by Crippen LogP contribution is -2.48. The Bertz CT molecular complexity index is 1360. The summed E-state index contributed by atoms with van der Waals surface area (Å²) in [7, 11) is 0. The first-order chi connectivity index (χ1) is 17.1. The predicted molar refractivity (Wildman–Crippen MR) is 128 cm³/mol. The number of allylic oxidation sites excluding steroid dienone is 2. The van der Waals surface area contributed by atoms with Crippen LogP contribution in [0, 0.1) is 35.5 Å². The molecule has 0 unspecified atom stereocenters. The number of ether oxygens (including phenoxy) is 1. The second-order valence-electron chi connectivity index (χ2n) is 10.2. The van der Waals surface area contributed by atoms with Crippen LogP contribution in [0.15, 0.2) is 79.0 Å². The largest absolute Gasteiger partial charge is 0.423 e. The normalized spacial score (nSPS) is 30.8. The molecule has 0 radical (unpaired) electrons. The highest BCUT2D eigenvalue weighted by molar-refractivity contribution is 6.09. The number of fused-ring (bicyclic) bond motifs is 1. The summed E-state index contributed by atoms with van der Waals surface area (Å²) in [4.78, 5) is 46.8. The maximum Gasteiger partial charge on any atom is 0.335 e. The van der Waals surface area contributed by atoms with E-state index >= 15 is 0 Å². The minimum absolute atomic E-state index is 0.104. The smallest absolute Gasteiger partial charge is 0.335 e. The first kappa shape index (κ1) is 20.6. The fourth-order valence-corrected chi connectivity index (χ4v) is 6.74. The Labute approximate surface area is 202 Å². The molecule has 6 heteroatoms. The van der Waals surface area contributed by atoms with Crippen LogP contribution in [0.2, 0.25) is 0 Å². The van der Waals surface area contributed by atoms with E-state index < -0.39 is 12.0 Å². The van der Waals surface area contributed by atoms with Gasteiger partial charge in [0.15, 0.2) is 5.75 Å². The number of para-hydroxylation sites is 1. The zero-order valence-electron chi connectivity index (χ0n) is 19.0. The fraction of sp³-hybridized carbons (Fsp3) is 0.310. The molecule has 1 aromatic heterocycles. The van der Waals surface area contributed by atoms with E-state index in [1.54, 1.807) is 18.3 Å². The summed E-state index contributed by atoms with van der Waals surface area (Å²) in [5.74, 6) is -0.230. The summed E-state index contributed by atoms with van der Waals surface area (Å²) in [6, 6.07) is 17.6. The quantitative estimate of drug-likeness (QED) is 0.248. The van der Waals surface area contributed by atoms with Crippen molar-refractivity contribution in [3.8, 4) is 5.75 Å². The molecule has 8 rings (SSSR count). The van der Waals surface area contributed by atoms with E-state index in [9.17, 15) is 14.4 Å². The number of imide groups is 1. The second-order valence-corrected chi connectivity index (χ2v) is 10.2. The number of benzene rings is 2. The maximum absolute atomic E-state index is 13.8. The maximum atomic E-state index is 13.8. The fourth-order valence-electron chi connectivity index (χ4n) is 6.74. The molecule has 35 heavy (non-hydrogen) atoms. The van der Waals surface area contributed by atoms with Crippen molar-refractivity contribution in [1.82, 2.24) is 9.88 Å². The van der Waals surface area contributed by atoms with Gasteiger partial charge in [0.25, 0.3) is 0 Å². The molecule has 2 heterocycles. The van der Waals surface area contributed by atoms with Crippen LogP contribution < -0.4 is 4.74 Å². The summed E-state index contributed by atoms with van der Waals surface area (Å²) < 4.78 is 5.86. The zero-order chi connectivity index (χ0) is 23.7. The molecule has 0 spiro atoms. The molecule has 2 aromatic carbocycles. The van der Waals surface area contributed by atoms with E-state index in [1.807, 2.05) is 48.5 Å².